The minimum Gasteiger partial charge on any atom is -0.272 e. The predicted octanol–water partition coefficient (Wildman–Crippen LogP) is 5.46. The SMILES string of the molecule is O=C(CSc1nc2c(c(-c3ccccc3)n1)CCCCC2)N1N=CC[C@@H]1c1ccccc1. The number of amides is 1. The smallest absolute Gasteiger partial charge is 0.253 e. The minimum absolute atomic E-state index is 0.0163. The van der Waals surface area contributed by atoms with Crippen molar-refractivity contribution in [3.8, 4) is 11.3 Å². The number of hydrogen-bond acceptors (Lipinski definition) is 5. The fourth-order valence-corrected chi connectivity index (χ4v) is 5.16. The van der Waals surface area contributed by atoms with Gasteiger partial charge in [0, 0.05) is 29.5 Å². The molecule has 6 heteroatoms. The van der Waals surface area contributed by atoms with Gasteiger partial charge >= 0.3 is 0 Å². The highest BCUT2D eigenvalue weighted by Gasteiger charge is 2.28. The van der Waals surface area contributed by atoms with Crippen molar-refractivity contribution in [2.24, 2.45) is 5.10 Å². The van der Waals surface area contributed by atoms with E-state index in [1.807, 2.05) is 42.6 Å². The summed E-state index contributed by atoms with van der Waals surface area (Å²) in [5.41, 5.74) is 5.67. The predicted molar refractivity (Wildman–Crippen MR) is 129 cm³/mol. The van der Waals surface area contributed by atoms with Crippen LogP contribution in [0.1, 0.15) is 48.5 Å². The van der Waals surface area contributed by atoms with Crippen LogP contribution in [0.5, 0.6) is 0 Å². The first-order valence-corrected chi connectivity index (χ1v) is 12.3. The summed E-state index contributed by atoms with van der Waals surface area (Å²) in [5.74, 6) is 0.255. The van der Waals surface area contributed by atoms with Gasteiger partial charge in [-0.2, -0.15) is 5.10 Å². The van der Waals surface area contributed by atoms with Crippen LogP contribution in [0.4, 0.5) is 0 Å². The van der Waals surface area contributed by atoms with E-state index in [2.05, 4.69) is 29.4 Å². The molecule has 1 aliphatic carbocycles. The first-order valence-electron chi connectivity index (χ1n) is 11.3. The zero-order valence-electron chi connectivity index (χ0n) is 18.0. The molecule has 0 saturated carbocycles. The number of carbonyl (C=O) groups is 1. The number of carbonyl (C=O) groups excluding carboxylic acids is 1. The molecule has 1 atom stereocenters. The first-order chi connectivity index (χ1) is 15.8. The van der Waals surface area contributed by atoms with Crippen LogP contribution in [0.15, 0.2) is 70.9 Å². The Morgan fingerprint density at radius 1 is 0.938 bits per heavy atom. The molecular formula is C26H26N4OS. The van der Waals surface area contributed by atoms with Gasteiger partial charge < -0.3 is 0 Å². The lowest BCUT2D eigenvalue weighted by Gasteiger charge is -2.22. The molecule has 0 unspecified atom stereocenters. The highest BCUT2D eigenvalue weighted by Crippen LogP contribution is 2.32. The van der Waals surface area contributed by atoms with Gasteiger partial charge in [0.2, 0.25) is 0 Å². The Balaban J connectivity index is 1.37. The molecule has 0 spiro atoms. The fourth-order valence-electron chi connectivity index (χ4n) is 4.45. The highest BCUT2D eigenvalue weighted by molar-refractivity contribution is 7.99. The second-order valence-electron chi connectivity index (χ2n) is 8.19. The highest BCUT2D eigenvalue weighted by atomic mass is 32.2. The third kappa shape index (κ3) is 4.46. The summed E-state index contributed by atoms with van der Waals surface area (Å²) in [5, 5.41) is 6.65. The second kappa shape index (κ2) is 9.65. The largest absolute Gasteiger partial charge is 0.272 e. The number of fused-ring (bicyclic) bond motifs is 1. The fraction of sp³-hybridized carbons (Fsp3) is 0.308. The first kappa shape index (κ1) is 20.9. The average molecular weight is 443 g/mol. The maximum atomic E-state index is 13.0. The van der Waals surface area contributed by atoms with Crippen molar-refractivity contribution in [3.05, 3.63) is 77.5 Å². The lowest BCUT2D eigenvalue weighted by Crippen LogP contribution is -2.28. The topological polar surface area (TPSA) is 58.5 Å². The van der Waals surface area contributed by atoms with Gasteiger partial charge in [0.05, 0.1) is 17.5 Å². The molecule has 2 aromatic carbocycles. The second-order valence-corrected chi connectivity index (χ2v) is 9.14. The van der Waals surface area contributed by atoms with Gasteiger partial charge in [0.15, 0.2) is 5.16 Å². The quantitative estimate of drug-likeness (QED) is 0.299. The molecular weight excluding hydrogens is 416 g/mol. The summed E-state index contributed by atoms with van der Waals surface area (Å²) in [6.07, 6.45) is 8.12. The number of benzene rings is 2. The molecule has 5 rings (SSSR count). The summed E-state index contributed by atoms with van der Waals surface area (Å²) in [7, 11) is 0. The van der Waals surface area contributed by atoms with Crippen molar-refractivity contribution in [2.45, 2.75) is 49.7 Å². The third-order valence-corrected chi connectivity index (χ3v) is 6.89. The Labute approximate surface area is 193 Å². The third-order valence-electron chi connectivity index (χ3n) is 6.05. The molecule has 1 amide bonds. The van der Waals surface area contributed by atoms with Crippen molar-refractivity contribution < 1.29 is 4.79 Å². The molecule has 0 N–H and O–H groups in total. The van der Waals surface area contributed by atoms with Gasteiger partial charge in [0.25, 0.3) is 5.91 Å². The van der Waals surface area contributed by atoms with Crippen LogP contribution in [-0.4, -0.2) is 32.9 Å². The number of aryl methyl sites for hydroxylation is 1. The molecule has 32 heavy (non-hydrogen) atoms. The van der Waals surface area contributed by atoms with Crippen LogP contribution in [0.25, 0.3) is 11.3 Å². The Hall–Kier alpha value is -2.99. The normalized spacial score (nSPS) is 17.8. The van der Waals surface area contributed by atoms with E-state index in [-0.39, 0.29) is 17.7 Å². The van der Waals surface area contributed by atoms with Crippen LogP contribution < -0.4 is 0 Å². The Morgan fingerprint density at radius 3 is 2.50 bits per heavy atom. The number of nitrogens with zero attached hydrogens (tertiary/aromatic N) is 4. The molecule has 0 bridgehead atoms. The molecule has 5 nitrogen and oxygen atoms in total. The van der Waals surface area contributed by atoms with Crippen LogP contribution >= 0.6 is 11.8 Å². The lowest BCUT2D eigenvalue weighted by molar-refractivity contribution is -0.130. The Bertz CT molecular complexity index is 1120. The van der Waals surface area contributed by atoms with Crippen molar-refractivity contribution in [3.63, 3.8) is 0 Å². The van der Waals surface area contributed by atoms with Gasteiger partial charge in [-0.25, -0.2) is 15.0 Å². The van der Waals surface area contributed by atoms with Gasteiger partial charge in [0.1, 0.15) is 0 Å². The van der Waals surface area contributed by atoms with Crippen molar-refractivity contribution in [1.82, 2.24) is 15.0 Å². The van der Waals surface area contributed by atoms with E-state index in [1.54, 1.807) is 5.01 Å². The standard InChI is InChI=1S/C26H26N4OS/c31-24(30-23(16-17-27-30)19-10-4-1-5-11-19)18-32-26-28-22-15-9-3-8-14-21(22)25(29-26)20-12-6-2-7-13-20/h1-2,4-7,10-13,17,23H,3,8-9,14-16,18H2/t23-/m1/s1. The maximum absolute atomic E-state index is 13.0. The van der Waals surface area contributed by atoms with E-state index >= 15 is 0 Å². The lowest BCUT2D eigenvalue weighted by atomic mass is 10.0. The van der Waals surface area contributed by atoms with Gasteiger partial charge in [-0.1, -0.05) is 78.8 Å². The van der Waals surface area contributed by atoms with Gasteiger partial charge in [-0.05, 0) is 31.2 Å². The van der Waals surface area contributed by atoms with E-state index in [0.29, 0.717) is 5.16 Å². The zero-order chi connectivity index (χ0) is 21.8. The van der Waals surface area contributed by atoms with Crippen molar-refractivity contribution >= 4 is 23.9 Å². The van der Waals surface area contributed by atoms with E-state index in [0.717, 1.165) is 48.2 Å². The molecule has 162 valence electrons. The van der Waals surface area contributed by atoms with Crippen molar-refractivity contribution in [2.75, 3.05) is 5.75 Å². The molecule has 0 fully saturated rings. The molecule has 1 aliphatic heterocycles. The van der Waals surface area contributed by atoms with E-state index in [9.17, 15) is 4.79 Å². The number of hydrazone groups is 1. The molecule has 0 saturated heterocycles. The van der Waals surface area contributed by atoms with E-state index in [1.165, 1.54) is 30.2 Å². The minimum atomic E-state index is -0.0304. The number of hydrogen-bond donors (Lipinski definition) is 0. The molecule has 3 aromatic rings. The molecule has 1 aromatic heterocycles. The molecule has 2 heterocycles. The summed E-state index contributed by atoms with van der Waals surface area (Å²) in [4.78, 5) is 22.8. The number of aromatic nitrogens is 2. The molecule has 0 radical (unpaired) electrons. The van der Waals surface area contributed by atoms with Crippen LogP contribution in [-0.2, 0) is 17.6 Å². The van der Waals surface area contributed by atoms with E-state index < -0.39 is 0 Å². The summed E-state index contributed by atoms with van der Waals surface area (Å²) >= 11 is 1.41. The van der Waals surface area contributed by atoms with Crippen LogP contribution in [0.2, 0.25) is 0 Å². The zero-order valence-corrected chi connectivity index (χ0v) is 18.8. The number of thioether (sulfide) groups is 1. The van der Waals surface area contributed by atoms with E-state index in [4.69, 9.17) is 9.97 Å². The Kier molecular flexibility index (Phi) is 6.30. The van der Waals surface area contributed by atoms with Crippen molar-refractivity contribution in [1.29, 1.82) is 0 Å². The Morgan fingerprint density at radius 2 is 1.69 bits per heavy atom. The van der Waals surface area contributed by atoms with Gasteiger partial charge in [-0.3, -0.25) is 4.79 Å². The molecule has 2 aliphatic rings. The monoisotopic (exact) mass is 442 g/mol. The van der Waals surface area contributed by atoms with Crippen LogP contribution in [0, 0.1) is 0 Å². The summed E-state index contributed by atoms with van der Waals surface area (Å²) < 4.78 is 0. The maximum Gasteiger partial charge on any atom is 0.253 e. The van der Waals surface area contributed by atoms with Crippen LogP contribution in [0.3, 0.4) is 0 Å². The van der Waals surface area contributed by atoms with Gasteiger partial charge in [-0.15, -0.1) is 0 Å². The number of rotatable bonds is 5. The summed E-state index contributed by atoms with van der Waals surface area (Å²) in [6.45, 7) is 0. The summed E-state index contributed by atoms with van der Waals surface area (Å²) in [6, 6.07) is 20.4. The average Bonchev–Trinajstić information content (AvgIpc) is 3.22.